The molecule has 2 N–H and O–H groups in total. The van der Waals surface area contributed by atoms with E-state index in [0.29, 0.717) is 37.2 Å². The Morgan fingerprint density at radius 2 is 1.82 bits per heavy atom. The second-order valence-electron chi connectivity index (χ2n) is 6.53. The van der Waals surface area contributed by atoms with Crippen molar-refractivity contribution in [1.29, 1.82) is 0 Å². The van der Waals surface area contributed by atoms with Gasteiger partial charge in [-0.25, -0.2) is 13.4 Å². The van der Waals surface area contributed by atoms with Crippen molar-refractivity contribution in [3.63, 3.8) is 0 Å². The van der Waals surface area contributed by atoms with E-state index in [1.807, 2.05) is 43.3 Å². The molecular weight excluding hydrogens is 374 g/mol. The molecule has 28 heavy (non-hydrogen) atoms. The van der Waals surface area contributed by atoms with Gasteiger partial charge < -0.3 is 15.4 Å². The molecule has 0 radical (unpaired) electrons. The van der Waals surface area contributed by atoms with Gasteiger partial charge in [-0.2, -0.15) is 0 Å². The third-order valence-corrected chi connectivity index (χ3v) is 5.31. The van der Waals surface area contributed by atoms with Crippen molar-refractivity contribution < 1.29 is 13.2 Å². The van der Waals surface area contributed by atoms with Crippen LogP contribution in [0.25, 0.3) is 0 Å². The van der Waals surface area contributed by atoms with Gasteiger partial charge in [0.25, 0.3) is 0 Å². The van der Waals surface area contributed by atoms with E-state index in [0.717, 1.165) is 23.2 Å². The molecule has 0 aliphatic heterocycles. The quantitative estimate of drug-likeness (QED) is 0.382. The van der Waals surface area contributed by atoms with Crippen LogP contribution in [0.4, 0.5) is 0 Å². The SMILES string of the molecule is CCNC(=NCc1ccc(S(C)(=O)=O)c(C)c1)NCCOCc1ccccc1. The van der Waals surface area contributed by atoms with Gasteiger partial charge in [-0.1, -0.05) is 42.5 Å². The van der Waals surface area contributed by atoms with Crippen molar-refractivity contribution in [2.75, 3.05) is 26.0 Å². The van der Waals surface area contributed by atoms with Crippen LogP contribution in [-0.2, 0) is 27.7 Å². The Morgan fingerprint density at radius 3 is 2.46 bits per heavy atom. The molecule has 7 heteroatoms. The third-order valence-electron chi connectivity index (χ3n) is 4.05. The van der Waals surface area contributed by atoms with Crippen molar-refractivity contribution in [2.45, 2.75) is 31.9 Å². The molecular formula is C21H29N3O3S. The lowest BCUT2D eigenvalue weighted by Crippen LogP contribution is -2.38. The van der Waals surface area contributed by atoms with Crippen LogP contribution in [0.2, 0.25) is 0 Å². The van der Waals surface area contributed by atoms with E-state index < -0.39 is 9.84 Å². The van der Waals surface area contributed by atoms with Gasteiger partial charge in [0.1, 0.15) is 0 Å². The molecule has 0 aliphatic rings. The fraction of sp³-hybridized carbons (Fsp3) is 0.381. The third kappa shape index (κ3) is 7.32. The van der Waals surface area contributed by atoms with Gasteiger partial charge in [-0.15, -0.1) is 0 Å². The first kappa shape index (κ1) is 21.9. The van der Waals surface area contributed by atoms with Crippen molar-refractivity contribution in [3.05, 3.63) is 65.2 Å². The van der Waals surface area contributed by atoms with E-state index in [1.165, 1.54) is 6.26 Å². The molecule has 0 fully saturated rings. The lowest BCUT2D eigenvalue weighted by atomic mass is 10.1. The summed E-state index contributed by atoms with van der Waals surface area (Å²) in [4.78, 5) is 4.92. The van der Waals surface area contributed by atoms with E-state index in [1.54, 1.807) is 19.1 Å². The Kier molecular flexibility index (Phi) is 8.47. The summed E-state index contributed by atoms with van der Waals surface area (Å²) in [5.41, 5.74) is 2.85. The van der Waals surface area contributed by atoms with Gasteiger partial charge >= 0.3 is 0 Å². The summed E-state index contributed by atoms with van der Waals surface area (Å²) in [5, 5.41) is 6.44. The number of benzene rings is 2. The highest BCUT2D eigenvalue weighted by molar-refractivity contribution is 7.90. The number of sulfone groups is 1. The van der Waals surface area contributed by atoms with Gasteiger partial charge in [-0.3, -0.25) is 0 Å². The summed E-state index contributed by atoms with van der Waals surface area (Å²) >= 11 is 0. The maximum absolute atomic E-state index is 11.7. The molecule has 0 aromatic heterocycles. The Balaban J connectivity index is 1.85. The summed E-state index contributed by atoms with van der Waals surface area (Å²) in [7, 11) is -3.20. The second-order valence-corrected chi connectivity index (χ2v) is 8.52. The number of aliphatic imine (C=N–C) groups is 1. The Labute approximate surface area is 168 Å². The molecule has 0 atom stereocenters. The first-order valence-electron chi connectivity index (χ1n) is 9.33. The monoisotopic (exact) mass is 403 g/mol. The lowest BCUT2D eigenvalue weighted by Gasteiger charge is -2.12. The van der Waals surface area contributed by atoms with Crippen LogP contribution in [0, 0.1) is 6.92 Å². The van der Waals surface area contributed by atoms with E-state index in [2.05, 4.69) is 15.6 Å². The number of nitrogens with zero attached hydrogens (tertiary/aromatic N) is 1. The molecule has 152 valence electrons. The average Bonchev–Trinajstić information content (AvgIpc) is 2.65. The summed E-state index contributed by atoms with van der Waals surface area (Å²) in [6.45, 7) is 6.83. The van der Waals surface area contributed by atoms with Crippen LogP contribution in [0.3, 0.4) is 0 Å². The number of hydrogen-bond donors (Lipinski definition) is 2. The molecule has 2 aromatic rings. The number of nitrogens with one attached hydrogen (secondary N) is 2. The van der Waals surface area contributed by atoms with Crippen molar-refractivity contribution in [3.8, 4) is 0 Å². The number of aryl methyl sites for hydroxylation is 1. The topological polar surface area (TPSA) is 79.8 Å². The average molecular weight is 404 g/mol. The van der Waals surface area contributed by atoms with E-state index in [4.69, 9.17) is 4.74 Å². The Hall–Kier alpha value is -2.38. The van der Waals surface area contributed by atoms with E-state index >= 15 is 0 Å². The van der Waals surface area contributed by atoms with Gasteiger partial charge in [0.15, 0.2) is 15.8 Å². The molecule has 2 rings (SSSR count). The summed E-state index contributed by atoms with van der Waals surface area (Å²) < 4.78 is 29.1. The number of guanidine groups is 1. The molecule has 0 saturated carbocycles. The van der Waals surface area contributed by atoms with Crippen LogP contribution >= 0.6 is 0 Å². The first-order valence-corrected chi connectivity index (χ1v) is 11.2. The maximum Gasteiger partial charge on any atom is 0.191 e. The minimum atomic E-state index is -3.20. The smallest absolute Gasteiger partial charge is 0.191 e. The van der Waals surface area contributed by atoms with Crippen molar-refractivity contribution in [1.82, 2.24) is 10.6 Å². The summed E-state index contributed by atoms with van der Waals surface area (Å²) in [5.74, 6) is 0.704. The zero-order valence-corrected chi connectivity index (χ0v) is 17.6. The van der Waals surface area contributed by atoms with Gasteiger partial charge in [0.05, 0.1) is 24.7 Å². The molecule has 0 bridgehead atoms. The van der Waals surface area contributed by atoms with Gasteiger partial charge in [0.2, 0.25) is 0 Å². The molecule has 0 saturated heterocycles. The molecule has 2 aromatic carbocycles. The number of ether oxygens (including phenoxy) is 1. The number of hydrogen-bond acceptors (Lipinski definition) is 4. The van der Waals surface area contributed by atoms with Crippen LogP contribution in [0.1, 0.15) is 23.6 Å². The maximum atomic E-state index is 11.7. The zero-order valence-electron chi connectivity index (χ0n) is 16.7. The predicted octanol–water partition coefficient (Wildman–Crippen LogP) is 2.67. The highest BCUT2D eigenvalue weighted by Crippen LogP contribution is 2.17. The second kappa shape index (κ2) is 10.8. The molecule has 0 heterocycles. The van der Waals surface area contributed by atoms with Crippen molar-refractivity contribution in [2.24, 2.45) is 4.99 Å². The van der Waals surface area contributed by atoms with E-state index in [-0.39, 0.29) is 0 Å². The van der Waals surface area contributed by atoms with Crippen LogP contribution < -0.4 is 10.6 Å². The highest BCUT2D eigenvalue weighted by atomic mass is 32.2. The van der Waals surface area contributed by atoms with Gasteiger partial charge in [-0.05, 0) is 36.6 Å². The molecule has 6 nitrogen and oxygen atoms in total. The summed E-state index contributed by atoms with van der Waals surface area (Å²) in [6.07, 6.45) is 1.22. The van der Waals surface area contributed by atoms with Crippen LogP contribution in [0.5, 0.6) is 0 Å². The zero-order chi connectivity index (χ0) is 20.4. The normalized spacial score (nSPS) is 12.0. The van der Waals surface area contributed by atoms with Crippen LogP contribution in [-0.4, -0.2) is 40.3 Å². The predicted molar refractivity (Wildman–Crippen MR) is 113 cm³/mol. The van der Waals surface area contributed by atoms with E-state index in [9.17, 15) is 8.42 Å². The highest BCUT2D eigenvalue weighted by Gasteiger charge is 2.10. The standard InChI is InChI=1S/C21H29N3O3S/c1-4-22-21(23-12-13-27-16-18-8-6-5-7-9-18)24-15-19-10-11-20(17(2)14-19)28(3,25)26/h5-11,14H,4,12-13,15-16H2,1-3H3,(H2,22,23,24). The van der Waals surface area contributed by atoms with Crippen LogP contribution in [0.15, 0.2) is 58.4 Å². The largest absolute Gasteiger partial charge is 0.375 e. The molecule has 0 unspecified atom stereocenters. The van der Waals surface area contributed by atoms with Gasteiger partial charge in [0, 0.05) is 19.3 Å². The fourth-order valence-electron chi connectivity index (χ4n) is 2.74. The molecule has 0 aliphatic carbocycles. The molecule has 0 amide bonds. The Morgan fingerprint density at radius 1 is 1.07 bits per heavy atom. The minimum absolute atomic E-state index is 0.362. The number of rotatable bonds is 9. The Bertz CT molecular complexity index is 881. The van der Waals surface area contributed by atoms with Crippen molar-refractivity contribution >= 4 is 15.8 Å². The first-order chi connectivity index (χ1) is 13.4. The lowest BCUT2D eigenvalue weighted by molar-refractivity contribution is 0.125. The molecule has 0 spiro atoms. The summed E-state index contributed by atoms with van der Waals surface area (Å²) in [6, 6.07) is 15.4. The minimum Gasteiger partial charge on any atom is -0.375 e. The fourth-order valence-corrected chi connectivity index (χ4v) is 3.70.